The zero-order valence-electron chi connectivity index (χ0n) is 13.7. The fourth-order valence-electron chi connectivity index (χ4n) is 3.34. The molecule has 8 nitrogen and oxygen atoms in total. The number of nitrogens with zero attached hydrogens (tertiary/aromatic N) is 3. The Balaban J connectivity index is 1.66. The standard InChI is InChI=1S/C17H16N4O4S/c18-12-15(23)21-13(17(24)25)10(8-26-16(12)21)7-9-4-6-20(14(9)22)11-3-1-2-5-19-11/h1-3,5,7,12,16H,4,6,8,18H2,(H,24,25)/t12-,16-/m1/s1. The molecule has 0 aliphatic carbocycles. The highest BCUT2D eigenvalue weighted by Crippen LogP contribution is 2.40. The maximum atomic E-state index is 12.7. The van der Waals surface area contributed by atoms with Crippen molar-refractivity contribution in [3.05, 3.63) is 47.3 Å². The molecule has 0 bridgehead atoms. The quantitative estimate of drug-likeness (QED) is 0.580. The van der Waals surface area contributed by atoms with Gasteiger partial charge in [0.1, 0.15) is 22.9 Å². The normalized spacial score (nSPS) is 27.0. The molecule has 26 heavy (non-hydrogen) atoms. The average molecular weight is 372 g/mol. The zero-order valence-corrected chi connectivity index (χ0v) is 14.5. The number of hydrogen-bond acceptors (Lipinski definition) is 6. The van der Waals surface area contributed by atoms with Gasteiger partial charge in [-0.25, -0.2) is 9.78 Å². The number of carboxylic acid groups (broad SMARTS) is 1. The molecule has 3 N–H and O–H groups in total. The van der Waals surface area contributed by atoms with E-state index in [1.165, 1.54) is 16.7 Å². The number of carbonyl (C=O) groups is 3. The third-order valence-electron chi connectivity index (χ3n) is 4.64. The molecule has 0 aromatic carbocycles. The van der Waals surface area contributed by atoms with Crippen molar-refractivity contribution in [3.8, 4) is 0 Å². The molecule has 0 spiro atoms. The van der Waals surface area contributed by atoms with Gasteiger partial charge >= 0.3 is 5.97 Å². The van der Waals surface area contributed by atoms with Crippen LogP contribution in [0.1, 0.15) is 6.42 Å². The summed E-state index contributed by atoms with van der Waals surface area (Å²) in [6.45, 7) is 0.487. The molecule has 0 radical (unpaired) electrons. The fourth-order valence-corrected chi connectivity index (χ4v) is 4.59. The van der Waals surface area contributed by atoms with Crippen molar-refractivity contribution in [2.75, 3.05) is 17.2 Å². The topological polar surface area (TPSA) is 117 Å². The van der Waals surface area contributed by atoms with Crippen LogP contribution in [-0.4, -0.2) is 56.5 Å². The highest BCUT2D eigenvalue weighted by atomic mass is 32.2. The Kier molecular flexibility index (Phi) is 4.04. The number of carboxylic acids is 1. The smallest absolute Gasteiger partial charge is 0.352 e. The van der Waals surface area contributed by atoms with Gasteiger partial charge in [-0.05, 0) is 30.2 Å². The molecule has 4 rings (SSSR count). The Morgan fingerprint density at radius 1 is 1.38 bits per heavy atom. The molecule has 3 aliphatic rings. The van der Waals surface area contributed by atoms with E-state index < -0.39 is 17.9 Å². The average Bonchev–Trinajstić information content (AvgIpc) is 3.01. The lowest BCUT2D eigenvalue weighted by atomic mass is 10.0. The largest absolute Gasteiger partial charge is 0.477 e. The van der Waals surface area contributed by atoms with Crippen LogP contribution in [0.5, 0.6) is 0 Å². The van der Waals surface area contributed by atoms with Crippen LogP contribution >= 0.6 is 11.8 Å². The highest BCUT2D eigenvalue weighted by molar-refractivity contribution is 8.00. The van der Waals surface area contributed by atoms with E-state index in [-0.39, 0.29) is 17.0 Å². The summed E-state index contributed by atoms with van der Waals surface area (Å²) < 4.78 is 0. The zero-order chi connectivity index (χ0) is 18.4. The number of anilines is 1. The van der Waals surface area contributed by atoms with Crippen LogP contribution in [-0.2, 0) is 14.4 Å². The first kappa shape index (κ1) is 16.8. The molecule has 134 valence electrons. The SMILES string of the molecule is N[C@@H]1C(=O)N2C(C(=O)O)=C(C=C3CCN(c4ccccn4)C3=O)CS[C@H]12. The van der Waals surface area contributed by atoms with E-state index in [9.17, 15) is 19.5 Å². The van der Waals surface area contributed by atoms with Gasteiger partial charge < -0.3 is 10.8 Å². The van der Waals surface area contributed by atoms with Gasteiger partial charge in [0.25, 0.3) is 5.91 Å². The van der Waals surface area contributed by atoms with Crippen molar-refractivity contribution in [1.82, 2.24) is 9.88 Å². The van der Waals surface area contributed by atoms with E-state index in [0.717, 1.165) is 0 Å². The molecule has 2 amide bonds. The molecular formula is C17H16N4O4S. The second kappa shape index (κ2) is 6.26. The van der Waals surface area contributed by atoms with Gasteiger partial charge in [-0.15, -0.1) is 11.8 Å². The van der Waals surface area contributed by atoms with Gasteiger partial charge in [0, 0.05) is 24.1 Å². The molecule has 2 fully saturated rings. The second-order valence-electron chi connectivity index (χ2n) is 6.18. The first-order chi connectivity index (χ1) is 12.5. The highest BCUT2D eigenvalue weighted by Gasteiger charge is 2.51. The number of allylic oxidation sites excluding steroid dienone is 1. The van der Waals surface area contributed by atoms with Crippen molar-refractivity contribution in [1.29, 1.82) is 0 Å². The van der Waals surface area contributed by atoms with Crippen LogP contribution in [0, 0.1) is 0 Å². The molecule has 1 aromatic rings. The van der Waals surface area contributed by atoms with Crippen molar-refractivity contribution in [3.63, 3.8) is 0 Å². The van der Waals surface area contributed by atoms with Crippen molar-refractivity contribution < 1.29 is 19.5 Å². The van der Waals surface area contributed by atoms with Gasteiger partial charge in [0.2, 0.25) is 5.91 Å². The summed E-state index contributed by atoms with van der Waals surface area (Å²) in [7, 11) is 0. The van der Waals surface area contributed by atoms with E-state index in [2.05, 4.69) is 4.98 Å². The van der Waals surface area contributed by atoms with Crippen LogP contribution in [0.3, 0.4) is 0 Å². The number of nitrogens with two attached hydrogens (primary N) is 1. The number of pyridine rings is 1. The summed E-state index contributed by atoms with van der Waals surface area (Å²) in [5.74, 6) is -0.822. The number of thioether (sulfide) groups is 1. The van der Waals surface area contributed by atoms with E-state index >= 15 is 0 Å². The summed E-state index contributed by atoms with van der Waals surface area (Å²) in [4.78, 5) is 43.3. The van der Waals surface area contributed by atoms with Crippen LogP contribution in [0.2, 0.25) is 0 Å². The lowest BCUT2D eigenvalue weighted by Gasteiger charge is -2.47. The third kappa shape index (κ3) is 2.51. The predicted octanol–water partition coefficient (Wildman–Crippen LogP) is 0.326. The van der Waals surface area contributed by atoms with Crippen LogP contribution in [0.4, 0.5) is 5.82 Å². The number of fused-ring (bicyclic) bond motifs is 1. The van der Waals surface area contributed by atoms with Gasteiger partial charge in [-0.1, -0.05) is 6.07 Å². The van der Waals surface area contributed by atoms with E-state index in [0.29, 0.717) is 35.7 Å². The molecule has 4 heterocycles. The number of amides is 2. The molecule has 2 saturated heterocycles. The molecule has 3 aliphatic heterocycles. The lowest BCUT2D eigenvalue weighted by Crippen LogP contribution is -2.68. The van der Waals surface area contributed by atoms with Gasteiger partial charge in [-0.3, -0.25) is 19.4 Å². The van der Waals surface area contributed by atoms with Crippen molar-refractivity contribution in [2.24, 2.45) is 5.73 Å². The Morgan fingerprint density at radius 2 is 2.19 bits per heavy atom. The maximum absolute atomic E-state index is 12.7. The van der Waals surface area contributed by atoms with Crippen molar-refractivity contribution >= 4 is 35.4 Å². The molecule has 0 saturated carbocycles. The molecule has 0 unspecified atom stereocenters. The first-order valence-corrected chi connectivity index (χ1v) is 9.14. The predicted molar refractivity (Wildman–Crippen MR) is 95.0 cm³/mol. The molecule has 9 heteroatoms. The van der Waals surface area contributed by atoms with Crippen LogP contribution < -0.4 is 10.6 Å². The Labute approximate surface area is 153 Å². The minimum Gasteiger partial charge on any atom is -0.477 e. The van der Waals surface area contributed by atoms with E-state index in [1.54, 1.807) is 35.4 Å². The third-order valence-corrected chi connectivity index (χ3v) is 5.96. The lowest BCUT2D eigenvalue weighted by molar-refractivity contribution is -0.147. The van der Waals surface area contributed by atoms with E-state index in [1.807, 2.05) is 0 Å². The Bertz CT molecular complexity index is 867. The number of rotatable bonds is 3. The number of aromatic nitrogens is 1. The molecule has 2 atom stereocenters. The van der Waals surface area contributed by atoms with Gasteiger partial charge in [-0.2, -0.15) is 0 Å². The molecule has 1 aromatic heterocycles. The summed E-state index contributed by atoms with van der Waals surface area (Å²) in [6.07, 6.45) is 3.72. The number of β-lactam (4-membered cyclic amide) rings is 1. The number of hydrogen-bond donors (Lipinski definition) is 2. The number of carbonyl (C=O) groups excluding carboxylic acids is 2. The minimum atomic E-state index is -1.19. The summed E-state index contributed by atoms with van der Waals surface area (Å²) >= 11 is 1.41. The summed E-state index contributed by atoms with van der Waals surface area (Å²) in [5.41, 5.74) is 6.65. The maximum Gasteiger partial charge on any atom is 0.352 e. The second-order valence-corrected chi connectivity index (χ2v) is 7.28. The van der Waals surface area contributed by atoms with E-state index in [4.69, 9.17) is 5.73 Å². The fraction of sp³-hybridized carbons (Fsp3) is 0.294. The summed E-state index contributed by atoms with van der Waals surface area (Å²) in [5, 5.41) is 9.22. The van der Waals surface area contributed by atoms with Gasteiger partial charge in [0.15, 0.2) is 0 Å². The first-order valence-electron chi connectivity index (χ1n) is 8.09. The van der Waals surface area contributed by atoms with Crippen LogP contribution in [0.15, 0.2) is 47.3 Å². The van der Waals surface area contributed by atoms with Crippen molar-refractivity contribution in [2.45, 2.75) is 17.8 Å². The minimum absolute atomic E-state index is 0.0722. The monoisotopic (exact) mass is 372 g/mol. The molecular weight excluding hydrogens is 356 g/mol. The number of aliphatic carboxylic acids is 1. The van der Waals surface area contributed by atoms with Gasteiger partial charge in [0.05, 0.1) is 0 Å². The Morgan fingerprint density at radius 3 is 2.88 bits per heavy atom. The summed E-state index contributed by atoms with van der Waals surface area (Å²) in [6, 6.07) is 4.66. The van der Waals surface area contributed by atoms with Crippen LogP contribution in [0.25, 0.3) is 0 Å². The Hall–Kier alpha value is -2.65.